The Kier molecular flexibility index (Phi) is 4.21. The van der Waals surface area contributed by atoms with Gasteiger partial charge < -0.3 is 5.32 Å². The van der Waals surface area contributed by atoms with Gasteiger partial charge in [-0.25, -0.2) is 4.79 Å². The van der Waals surface area contributed by atoms with Crippen molar-refractivity contribution in [3.8, 4) is 0 Å². The van der Waals surface area contributed by atoms with Crippen molar-refractivity contribution < 1.29 is 9.59 Å². The maximum Gasteiger partial charge on any atom is 0.322 e. The van der Waals surface area contributed by atoms with Crippen LogP contribution in [0.1, 0.15) is 23.2 Å². The molecule has 0 saturated carbocycles. The molecule has 4 atom stereocenters. The van der Waals surface area contributed by atoms with Gasteiger partial charge in [-0.05, 0) is 18.2 Å². The maximum absolute atomic E-state index is 13.2. The Hall–Kier alpha value is -2.31. The number of rotatable bonds is 2. The standard InChI is InChI=1S/C22H23N3O2S/c1-25-18(14-8-4-2-5-9-14)16-12-28-13-17(19(25)15-10-6-3-7-11-15)22(16)20(26)23-21(27)24-22/h2-11,16-19H,12-13H2,1H3,(H2,23,24,26,27). The summed E-state index contributed by atoms with van der Waals surface area (Å²) in [4.78, 5) is 27.9. The SMILES string of the molecule is CN1C(c2ccccc2)C2CSCC(C1c1ccccc1)C21NC(=O)NC1=O. The number of nitrogens with zero attached hydrogens (tertiary/aromatic N) is 1. The highest BCUT2D eigenvalue weighted by atomic mass is 32.2. The smallest absolute Gasteiger partial charge is 0.322 e. The lowest BCUT2D eigenvalue weighted by Crippen LogP contribution is -2.70. The number of hydrogen-bond acceptors (Lipinski definition) is 4. The second kappa shape index (κ2) is 6.64. The molecule has 5 nitrogen and oxygen atoms in total. The molecule has 28 heavy (non-hydrogen) atoms. The average Bonchev–Trinajstić information content (AvgIpc) is 2.99. The second-order valence-corrected chi connectivity index (χ2v) is 8.98. The number of urea groups is 1. The van der Waals surface area contributed by atoms with E-state index in [0.717, 1.165) is 11.5 Å². The molecule has 2 aromatic carbocycles. The minimum atomic E-state index is -0.865. The van der Waals surface area contributed by atoms with Gasteiger partial charge in [0.05, 0.1) is 0 Å². The molecule has 3 aliphatic heterocycles. The summed E-state index contributed by atoms with van der Waals surface area (Å²) in [6.45, 7) is 0. The van der Waals surface area contributed by atoms with E-state index in [2.05, 4.69) is 46.8 Å². The number of likely N-dealkylation sites (tertiary alicyclic amines) is 1. The summed E-state index contributed by atoms with van der Waals surface area (Å²) in [6, 6.07) is 20.4. The van der Waals surface area contributed by atoms with E-state index in [1.807, 2.05) is 48.2 Å². The van der Waals surface area contributed by atoms with Crippen LogP contribution in [0.2, 0.25) is 0 Å². The minimum Gasteiger partial charge on any atom is -0.322 e. The molecule has 2 aromatic rings. The molecule has 3 fully saturated rings. The molecule has 1 spiro atoms. The summed E-state index contributed by atoms with van der Waals surface area (Å²) in [6.07, 6.45) is 0. The molecule has 0 aliphatic carbocycles. The first kappa shape index (κ1) is 17.8. The van der Waals surface area contributed by atoms with Gasteiger partial charge in [0.1, 0.15) is 5.54 Å². The molecule has 2 N–H and O–H groups in total. The number of imide groups is 1. The van der Waals surface area contributed by atoms with Crippen molar-refractivity contribution >= 4 is 23.7 Å². The van der Waals surface area contributed by atoms with Crippen molar-refractivity contribution in [2.45, 2.75) is 17.6 Å². The lowest BCUT2D eigenvalue weighted by molar-refractivity contribution is -0.136. The number of carbonyl (C=O) groups excluding carboxylic acids is 2. The van der Waals surface area contributed by atoms with Crippen LogP contribution in [0.3, 0.4) is 0 Å². The first-order chi connectivity index (χ1) is 13.6. The summed E-state index contributed by atoms with van der Waals surface area (Å²) in [5.74, 6) is 1.54. The Morgan fingerprint density at radius 2 is 1.39 bits per heavy atom. The van der Waals surface area contributed by atoms with Crippen molar-refractivity contribution in [3.63, 3.8) is 0 Å². The van der Waals surface area contributed by atoms with Crippen LogP contribution in [-0.2, 0) is 4.79 Å². The third-order valence-electron chi connectivity index (χ3n) is 6.61. The first-order valence-electron chi connectivity index (χ1n) is 9.66. The fraction of sp³-hybridized carbons (Fsp3) is 0.364. The van der Waals surface area contributed by atoms with Crippen LogP contribution >= 0.6 is 11.8 Å². The van der Waals surface area contributed by atoms with Gasteiger partial charge >= 0.3 is 6.03 Å². The van der Waals surface area contributed by atoms with Gasteiger partial charge in [-0.15, -0.1) is 0 Å². The number of nitrogens with one attached hydrogen (secondary N) is 2. The number of benzene rings is 2. The van der Waals surface area contributed by atoms with E-state index in [9.17, 15) is 9.59 Å². The van der Waals surface area contributed by atoms with Gasteiger partial charge in [0, 0.05) is 35.4 Å². The molecule has 4 unspecified atom stereocenters. The molecule has 0 aromatic heterocycles. The average molecular weight is 394 g/mol. The number of piperidine rings is 1. The molecule has 3 heterocycles. The predicted octanol–water partition coefficient (Wildman–Crippen LogP) is 2.97. The highest BCUT2D eigenvalue weighted by molar-refractivity contribution is 7.99. The van der Waals surface area contributed by atoms with Gasteiger partial charge in [0.15, 0.2) is 0 Å². The molecular weight excluding hydrogens is 370 g/mol. The number of amides is 3. The zero-order valence-electron chi connectivity index (χ0n) is 15.7. The van der Waals surface area contributed by atoms with Crippen LogP contribution in [0.15, 0.2) is 60.7 Å². The Labute approximate surface area is 168 Å². The highest BCUT2D eigenvalue weighted by Gasteiger charge is 2.66. The van der Waals surface area contributed by atoms with Crippen LogP contribution in [0.4, 0.5) is 4.79 Å². The quantitative estimate of drug-likeness (QED) is 0.770. The molecule has 5 rings (SSSR count). The summed E-state index contributed by atoms with van der Waals surface area (Å²) >= 11 is 1.89. The summed E-state index contributed by atoms with van der Waals surface area (Å²) < 4.78 is 0. The monoisotopic (exact) mass is 393 g/mol. The molecule has 6 heteroatoms. The number of thioether (sulfide) groups is 1. The molecule has 3 amide bonds. The topological polar surface area (TPSA) is 61.4 Å². The molecular formula is C22H23N3O2S. The van der Waals surface area contributed by atoms with E-state index >= 15 is 0 Å². The lowest BCUT2D eigenvalue weighted by Gasteiger charge is -2.59. The van der Waals surface area contributed by atoms with Crippen molar-refractivity contribution in [1.82, 2.24) is 15.5 Å². The van der Waals surface area contributed by atoms with E-state index in [1.165, 1.54) is 11.1 Å². The van der Waals surface area contributed by atoms with Crippen molar-refractivity contribution in [2.24, 2.45) is 11.8 Å². The zero-order valence-corrected chi connectivity index (χ0v) is 16.5. The normalized spacial score (nSPS) is 34.9. The van der Waals surface area contributed by atoms with E-state index in [1.54, 1.807) is 0 Å². The second-order valence-electron chi connectivity index (χ2n) is 7.90. The Bertz CT molecular complexity index is 849. The summed E-state index contributed by atoms with van der Waals surface area (Å²) in [5.41, 5.74) is 1.51. The van der Waals surface area contributed by atoms with Crippen LogP contribution in [0.25, 0.3) is 0 Å². The largest absolute Gasteiger partial charge is 0.322 e. The maximum atomic E-state index is 13.2. The molecule has 2 bridgehead atoms. The lowest BCUT2D eigenvalue weighted by atomic mass is 9.62. The first-order valence-corrected chi connectivity index (χ1v) is 10.8. The Morgan fingerprint density at radius 1 is 0.893 bits per heavy atom. The van der Waals surface area contributed by atoms with E-state index in [-0.39, 0.29) is 35.9 Å². The van der Waals surface area contributed by atoms with Gasteiger partial charge in [-0.2, -0.15) is 11.8 Å². The predicted molar refractivity (Wildman–Crippen MR) is 110 cm³/mol. The van der Waals surface area contributed by atoms with E-state index in [4.69, 9.17) is 0 Å². The molecule has 3 aliphatic rings. The number of hydrogen-bond donors (Lipinski definition) is 2. The van der Waals surface area contributed by atoms with Crippen LogP contribution in [0, 0.1) is 11.8 Å². The summed E-state index contributed by atoms with van der Waals surface area (Å²) in [5, 5.41) is 5.65. The van der Waals surface area contributed by atoms with Crippen LogP contribution in [-0.4, -0.2) is 40.9 Å². The highest BCUT2D eigenvalue weighted by Crippen LogP contribution is 2.57. The third kappa shape index (κ3) is 2.44. The van der Waals surface area contributed by atoms with E-state index in [0.29, 0.717) is 0 Å². The molecule has 0 radical (unpaired) electrons. The minimum absolute atomic E-state index is 0.00932. The van der Waals surface area contributed by atoms with Gasteiger partial charge in [-0.3, -0.25) is 15.0 Å². The zero-order chi connectivity index (χ0) is 19.3. The Balaban J connectivity index is 1.71. The molecule has 3 saturated heterocycles. The van der Waals surface area contributed by atoms with Crippen molar-refractivity contribution in [2.75, 3.05) is 18.6 Å². The number of carbonyl (C=O) groups is 2. The summed E-state index contributed by atoms with van der Waals surface area (Å²) in [7, 11) is 2.16. The van der Waals surface area contributed by atoms with E-state index < -0.39 is 5.54 Å². The fourth-order valence-electron chi connectivity index (χ4n) is 5.52. The third-order valence-corrected chi connectivity index (χ3v) is 7.80. The van der Waals surface area contributed by atoms with Crippen LogP contribution in [0.5, 0.6) is 0 Å². The van der Waals surface area contributed by atoms with Gasteiger partial charge in [0.25, 0.3) is 5.91 Å². The van der Waals surface area contributed by atoms with Gasteiger partial charge in [-0.1, -0.05) is 60.7 Å². The van der Waals surface area contributed by atoms with Gasteiger partial charge in [0.2, 0.25) is 0 Å². The Morgan fingerprint density at radius 3 is 1.82 bits per heavy atom. The van der Waals surface area contributed by atoms with Crippen molar-refractivity contribution in [3.05, 3.63) is 71.8 Å². The molecule has 144 valence electrons. The van der Waals surface area contributed by atoms with Crippen LogP contribution < -0.4 is 10.6 Å². The van der Waals surface area contributed by atoms with Crippen molar-refractivity contribution in [1.29, 1.82) is 0 Å². The fourth-order valence-corrected chi connectivity index (χ4v) is 7.06.